The summed E-state index contributed by atoms with van der Waals surface area (Å²) in [6.07, 6.45) is 0.636. The number of esters is 1. The van der Waals surface area contributed by atoms with Gasteiger partial charge in [-0.15, -0.1) is 0 Å². The summed E-state index contributed by atoms with van der Waals surface area (Å²) in [4.78, 5) is 27.4. The topological polar surface area (TPSA) is 76.1 Å². The summed E-state index contributed by atoms with van der Waals surface area (Å²) >= 11 is 0. The highest BCUT2D eigenvalue weighted by Crippen LogP contribution is 2.42. The molecule has 0 heterocycles. The number of carbonyl (C=O) groups is 2. The maximum absolute atomic E-state index is 13.4. The smallest absolute Gasteiger partial charge is 0.349 e. The highest BCUT2D eigenvalue weighted by Gasteiger charge is 2.32. The number of amides is 1. The second-order valence-electron chi connectivity index (χ2n) is 12.8. The van der Waals surface area contributed by atoms with Crippen LogP contribution in [0.2, 0.25) is 0 Å². The van der Waals surface area contributed by atoms with Gasteiger partial charge in [-0.05, 0) is 67.9 Å². The van der Waals surface area contributed by atoms with Crippen LogP contribution in [-0.4, -0.2) is 35.7 Å². The van der Waals surface area contributed by atoms with Gasteiger partial charge in [0.2, 0.25) is 5.91 Å². The van der Waals surface area contributed by atoms with Crippen molar-refractivity contribution in [1.82, 2.24) is 0 Å². The van der Waals surface area contributed by atoms with Gasteiger partial charge in [0.05, 0.1) is 6.61 Å². The molecule has 0 aliphatic heterocycles. The van der Waals surface area contributed by atoms with Crippen molar-refractivity contribution in [2.24, 2.45) is 5.92 Å². The summed E-state index contributed by atoms with van der Waals surface area (Å²) in [6, 6.07) is 11.5. The third-order valence-corrected chi connectivity index (χ3v) is 6.47. The van der Waals surface area contributed by atoms with E-state index < -0.39 is 11.6 Å². The molecule has 0 radical (unpaired) electrons. The van der Waals surface area contributed by atoms with Gasteiger partial charge in [-0.1, -0.05) is 67.5 Å². The molecule has 2 aromatic rings. The number of benzene rings is 2. The van der Waals surface area contributed by atoms with E-state index in [0.717, 1.165) is 22.4 Å². The van der Waals surface area contributed by atoms with Crippen LogP contribution in [0.4, 0.5) is 5.69 Å². The maximum Gasteiger partial charge on any atom is 0.349 e. The SMILES string of the molecule is CCOC(=O)C(C)(C)Oc1ccc(CCN(C(=O)C(C)C)c2cc(C(C)(C)C)c(O)c(C(C)(C)C)c2)cc1. The number of hydrogen-bond acceptors (Lipinski definition) is 5. The van der Waals surface area contributed by atoms with E-state index >= 15 is 0 Å². The molecule has 38 heavy (non-hydrogen) atoms. The van der Waals surface area contributed by atoms with Crippen LogP contribution in [0.25, 0.3) is 0 Å². The van der Waals surface area contributed by atoms with Crippen LogP contribution in [-0.2, 0) is 31.6 Å². The average Bonchev–Trinajstić information content (AvgIpc) is 2.79. The highest BCUT2D eigenvalue weighted by molar-refractivity contribution is 5.95. The summed E-state index contributed by atoms with van der Waals surface area (Å²) in [5.74, 6) is 0.314. The minimum Gasteiger partial charge on any atom is -0.507 e. The molecule has 1 amide bonds. The summed E-state index contributed by atoms with van der Waals surface area (Å²) in [6.45, 7) is 22.1. The number of ether oxygens (including phenoxy) is 2. The fourth-order valence-electron chi connectivity index (χ4n) is 4.20. The first-order chi connectivity index (χ1) is 17.4. The van der Waals surface area contributed by atoms with Gasteiger partial charge in [0.1, 0.15) is 11.5 Å². The number of nitrogens with zero attached hydrogens (tertiary/aromatic N) is 1. The van der Waals surface area contributed by atoms with Gasteiger partial charge < -0.3 is 19.5 Å². The predicted octanol–water partition coefficient (Wildman–Crippen LogP) is 6.94. The molecule has 6 heteroatoms. The average molecular weight is 526 g/mol. The number of carbonyl (C=O) groups excluding carboxylic acids is 2. The predicted molar refractivity (Wildman–Crippen MR) is 154 cm³/mol. The maximum atomic E-state index is 13.4. The Morgan fingerprint density at radius 1 is 0.895 bits per heavy atom. The normalized spacial score (nSPS) is 12.4. The Labute approximate surface area is 229 Å². The van der Waals surface area contributed by atoms with Gasteiger partial charge in [0.25, 0.3) is 0 Å². The third kappa shape index (κ3) is 7.75. The van der Waals surface area contributed by atoms with E-state index in [9.17, 15) is 14.7 Å². The fourth-order valence-corrected chi connectivity index (χ4v) is 4.20. The van der Waals surface area contributed by atoms with Crippen molar-refractivity contribution in [1.29, 1.82) is 0 Å². The number of phenolic OH excluding ortho intramolecular Hbond substituents is 1. The van der Waals surface area contributed by atoms with Gasteiger partial charge in [-0.2, -0.15) is 0 Å². The number of rotatable bonds is 9. The van der Waals surface area contributed by atoms with Crippen molar-refractivity contribution in [3.63, 3.8) is 0 Å². The number of hydrogen-bond donors (Lipinski definition) is 1. The molecule has 0 spiro atoms. The van der Waals surface area contributed by atoms with Crippen LogP contribution < -0.4 is 9.64 Å². The second-order valence-corrected chi connectivity index (χ2v) is 12.8. The van der Waals surface area contributed by atoms with E-state index in [1.54, 1.807) is 20.8 Å². The van der Waals surface area contributed by atoms with E-state index in [0.29, 0.717) is 31.1 Å². The lowest BCUT2D eigenvalue weighted by Gasteiger charge is -2.32. The molecule has 0 fully saturated rings. The molecule has 0 atom stereocenters. The van der Waals surface area contributed by atoms with Crippen molar-refractivity contribution in [2.45, 2.75) is 99.0 Å². The summed E-state index contributed by atoms with van der Waals surface area (Å²) in [5.41, 5.74) is 1.82. The lowest BCUT2D eigenvalue weighted by molar-refractivity contribution is -0.158. The zero-order chi connectivity index (χ0) is 29.1. The first kappa shape index (κ1) is 31.2. The lowest BCUT2D eigenvalue weighted by atomic mass is 9.79. The molecule has 0 aromatic heterocycles. The van der Waals surface area contributed by atoms with E-state index in [2.05, 4.69) is 41.5 Å². The van der Waals surface area contributed by atoms with Gasteiger partial charge in [0.15, 0.2) is 5.60 Å². The van der Waals surface area contributed by atoms with Crippen molar-refractivity contribution in [3.8, 4) is 11.5 Å². The molecular formula is C32H47NO5. The van der Waals surface area contributed by atoms with Crippen LogP contribution in [0, 0.1) is 5.92 Å². The quantitative estimate of drug-likeness (QED) is 0.359. The van der Waals surface area contributed by atoms with Gasteiger partial charge in [-0.25, -0.2) is 4.79 Å². The van der Waals surface area contributed by atoms with Gasteiger partial charge in [0, 0.05) is 29.3 Å². The zero-order valence-electron chi connectivity index (χ0n) is 25.2. The molecule has 2 aromatic carbocycles. The fraction of sp³-hybridized carbons (Fsp3) is 0.562. The molecule has 0 saturated heterocycles. The van der Waals surface area contributed by atoms with E-state index in [1.165, 1.54) is 0 Å². The molecule has 0 unspecified atom stereocenters. The molecule has 0 aliphatic rings. The van der Waals surface area contributed by atoms with Crippen molar-refractivity contribution in [3.05, 3.63) is 53.1 Å². The Hall–Kier alpha value is -3.02. The molecule has 0 bridgehead atoms. The van der Waals surface area contributed by atoms with Crippen molar-refractivity contribution < 1.29 is 24.2 Å². The Bertz CT molecular complexity index is 1080. The van der Waals surface area contributed by atoms with Crippen molar-refractivity contribution >= 4 is 17.6 Å². The van der Waals surface area contributed by atoms with Crippen LogP contribution in [0.1, 0.15) is 92.9 Å². The summed E-state index contributed by atoms with van der Waals surface area (Å²) < 4.78 is 11.0. The first-order valence-corrected chi connectivity index (χ1v) is 13.5. The Morgan fingerprint density at radius 3 is 1.82 bits per heavy atom. The third-order valence-electron chi connectivity index (χ3n) is 6.47. The molecule has 210 valence electrons. The van der Waals surface area contributed by atoms with Crippen LogP contribution in [0.5, 0.6) is 11.5 Å². The minimum absolute atomic E-state index is 0.0338. The Kier molecular flexibility index (Phi) is 9.68. The molecule has 0 saturated carbocycles. The summed E-state index contributed by atoms with van der Waals surface area (Å²) in [5, 5.41) is 11.1. The minimum atomic E-state index is -1.09. The number of aromatic hydroxyl groups is 1. The zero-order valence-corrected chi connectivity index (χ0v) is 25.2. The Balaban J connectivity index is 2.37. The van der Waals surface area contributed by atoms with Gasteiger partial charge >= 0.3 is 5.97 Å². The standard InChI is InChI=1S/C32H47NO5/c1-12-37-29(36)32(10,11)38-24-15-13-22(14-16-24)17-18-33(28(35)21(2)3)23-19-25(30(4,5)6)27(34)26(20-23)31(7,8)9/h13-16,19-21,34H,12,17-18H2,1-11H3. The first-order valence-electron chi connectivity index (χ1n) is 13.5. The van der Waals surface area contributed by atoms with Crippen LogP contribution in [0.15, 0.2) is 36.4 Å². The molecule has 6 nitrogen and oxygen atoms in total. The Morgan fingerprint density at radius 2 is 1.39 bits per heavy atom. The molecular weight excluding hydrogens is 478 g/mol. The summed E-state index contributed by atoms with van der Waals surface area (Å²) in [7, 11) is 0. The van der Waals surface area contributed by atoms with Crippen molar-refractivity contribution in [2.75, 3.05) is 18.1 Å². The monoisotopic (exact) mass is 525 g/mol. The molecule has 2 rings (SSSR count). The number of phenols is 1. The van der Waals surface area contributed by atoms with Crippen LogP contribution >= 0.6 is 0 Å². The number of anilines is 1. The molecule has 0 aliphatic carbocycles. The van der Waals surface area contributed by atoms with E-state index in [1.807, 2.05) is 55.1 Å². The highest BCUT2D eigenvalue weighted by atomic mass is 16.6. The van der Waals surface area contributed by atoms with Gasteiger partial charge in [-0.3, -0.25) is 4.79 Å². The van der Waals surface area contributed by atoms with Crippen LogP contribution in [0.3, 0.4) is 0 Å². The largest absolute Gasteiger partial charge is 0.507 e. The van der Waals surface area contributed by atoms with E-state index in [-0.39, 0.29) is 22.7 Å². The molecule has 1 N–H and O–H groups in total. The lowest BCUT2D eigenvalue weighted by Crippen LogP contribution is -2.39. The second kappa shape index (κ2) is 11.8. The van der Waals surface area contributed by atoms with E-state index in [4.69, 9.17) is 9.47 Å².